The largest absolute Gasteiger partial charge is 0.357 e. The number of hydrogen-bond acceptors (Lipinski definition) is 7. The topological polar surface area (TPSA) is 58.1 Å². The van der Waals surface area contributed by atoms with Gasteiger partial charge in [0.25, 0.3) is 0 Å². The van der Waals surface area contributed by atoms with E-state index in [1.54, 1.807) is 17.8 Å². The lowest BCUT2D eigenvalue weighted by Crippen LogP contribution is -2.36. The summed E-state index contributed by atoms with van der Waals surface area (Å²) in [6, 6.07) is 8.05. The van der Waals surface area contributed by atoms with Crippen molar-refractivity contribution in [2.45, 2.75) is 9.24 Å². The number of aromatic nitrogens is 2. The Morgan fingerprint density at radius 2 is 2.30 bits per heavy atom. The van der Waals surface area contributed by atoms with Crippen molar-refractivity contribution in [3.63, 3.8) is 0 Å². The maximum Gasteiger partial charge on any atom is 0.237 e. The molecule has 1 aromatic heterocycles. The number of carbonyl (C=O) groups is 1. The summed E-state index contributed by atoms with van der Waals surface area (Å²) >= 11 is 4.68. The number of nitrogens with one attached hydrogen (secondary N) is 1. The van der Waals surface area contributed by atoms with E-state index in [1.165, 1.54) is 28.0 Å². The number of hydrogen-bond donors (Lipinski definition) is 1. The summed E-state index contributed by atoms with van der Waals surface area (Å²) in [5.41, 5.74) is 1.01. The fraction of sp³-hybridized carbons (Fsp3) is 0.267. The minimum atomic E-state index is 0.110. The van der Waals surface area contributed by atoms with Crippen molar-refractivity contribution < 1.29 is 4.79 Å². The molecule has 0 bridgehead atoms. The highest BCUT2D eigenvalue weighted by atomic mass is 32.2. The number of benzene rings is 1. The van der Waals surface area contributed by atoms with Crippen LogP contribution in [0.5, 0.6) is 0 Å². The molecule has 2 aromatic rings. The smallest absolute Gasteiger partial charge is 0.237 e. The molecule has 1 aliphatic heterocycles. The van der Waals surface area contributed by atoms with E-state index in [0.29, 0.717) is 12.3 Å². The molecule has 0 atom stereocenters. The number of para-hydroxylation sites is 1. The van der Waals surface area contributed by atoms with Crippen LogP contribution in [0.3, 0.4) is 0 Å². The van der Waals surface area contributed by atoms with Gasteiger partial charge in [-0.1, -0.05) is 41.3 Å². The summed E-state index contributed by atoms with van der Waals surface area (Å²) in [5.74, 6) is 1.41. The van der Waals surface area contributed by atoms with Crippen molar-refractivity contribution in [2.75, 3.05) is 34.8 Å². The summed E-state index contributed by atoms with van der Waals surface area (Å²) in [6.07, 6.45) is 1.77. The van der Waals surface area contributed by atoms with Gasteiger partial charge in [-0.05, 0) is 12.1 Å². The molecule has 0 fully saturated rings. The molecule has 120 valence electrons. The highest BCUT2D eigenvalue weighted by Gasteiger charge is 2.22. The Bertz CT molecular complexity index is 704. The van der Waals surface area contributed by atoms with Gasteiger partial charge in [-0.3, -0.25) is 4.79 Å². The van der Waals surface area contributed by atoms with Crippen molar-refractivity contribution in [1.29, 1.82) is 0 Å². The molecule has 2 heterocycles. The lowest BCUT2D eigenvalue weighted by atomic mass is 10.3. The third kappa shape index (κ3) is 4.07. The van der Waals surface area contributed by atoms with Crippen molar-refractivity contribution in [2.24, 2.45) is 0 Å². The van der Waals surface area contributed by atoms with Gasteiger partial charge in [-0.15, -0.1) is 28.5 Å². The van der Waals surface area contributed by atoms with E-state index < -0.39 is 0 Å². The Balaban J connectivity index is 1.60. The fourth-order valence-corrected chi connectivity index (χ4v) is 4.76. The minimum Gasteiger partial charge on any atom is -0.357 e. The molecule has 0 radical (unpaired) electrons. The van der Waals surface area contributed by atoms with Crippen LogP contribution in [0.2, 0.25) is 0 Å². The monoisotopic (exact) mass is 364 g/mol. The summed E-state index contributed by atoms with van der Waals surface area (Å²) in [6.45, 7) is 5.06. The molecule has 0 aliphatic carbocycles. The van der Waals surface area contributed by atoms with Crippen molar-refractivity contribution in [3.8, 4) is 0 Å². The van der Waals surface area contributed by atoms with E-state index in [2.05, 4.69) is 28.2 Å². The average molecular weight is 365 g/mol. The van der Waals surface area contributed by atoms with Crippen LogP contribution in [0.1, 0.15) is 0 Å². The molecular weight excluding hydrogens is 348 g/mol. The van der Waals surface area contributed by atoms with Gasteiger partial charge >= 0.3 is 0 Å². The van der Waals surface area contributed by atoms with Gasteiger partial charge in [0.05, 0.1) is 11.4 Å². The van der Waals surface area contributed by atoms with E-state index in [1.807, 2.05) is 23.1 Å². The predicted octanol–water partition coefficient (Wildman–Crippen LogP) is 3.37. The molecular formula is C15H16N4OS3. The summed E-state index contributed by atoms with van der Waals surface area (Å²) in [7, 11) is 0. The van der Waals surface area contributed by atoms with Crippen LogP contribution >= 0.6 is 34.9 Å². The lowest BCUT2D eigenvalue weighted by molar-refractivity contribution is -0.116. The van der Waals surface area contributed by atoms with E-state index in [0.717, 1.165) is 27.5 Å². The summed E-state index contributed by atoms with van der Waals surface area (Å²) in [4.78, 5) is 15.6. The number of thioether (sulfide) groups is 2. The quantitative estimate of drug-likeness (QED) is 0.626. The molecule has 8 heteroatoms. The molecule has 0 saturated carbocycles. The number of carbonyl (C=O) groups excluding carboxylic acids is 1. The first-order valence-corrected chi connectivity index (χ1v) is 9.90. The number of rotatable bonds is 6. The second-order valence-electron chi connectivity index (χ2n) is 4.69. The average Bonchev–Trinajstić information content (AvgIpc) is 3.05. The van der Waals surface area contributed by atoms with Crippen molar-refractivity contribution in [3.05, 3.63) is 36.9 Å². The maximum absolute atomic E-state index is 12.5. The Morgan fingerprint density at radius 1 is 1.43 bits per heavy atom. The molecule has 1 aromatic carbocycles. The van der Waals surface area contributed by atoms with Crippen LogP contribution in [-0.2, 0) is 4.79 Å². The fourth-order valence-electron chi connectivity index (χ4n) is 2.13. The van der Waals surface area contributed by atoms with Gasteiger partial charge in [-0.25, -0.2) is 0 Å². The zero-order chi connectivity index (χ0) is 16.1. The normalized spacial score (nSPS) is 13.5. The Kier molecular flexibility index (Phi) is 5.58. The number of fused-ring (bicyclic) bond motifs is 1. The Morgan fingerprint density at radius 3 is 3.17 bits per heavy atom. The van der Waals surface area contributed by atoms with Crippen LogP contribution in [0.25, 0.3) is 0 Å². The van der Waals surface area contributed by atoms with Crippen LogP contribution in [0.15, 0.2) is 46.2 Å². The van der Waals surface area contributed by atoms with Gasteiger partial charge < -0.3 is 10.2 Å². The highest BCUT2D eigenvalue weighted by Crippen LogP contribution is 2.35. The van der Waals surface area contributed by atoms with Gasteiger partial charge in [-0.2, -0.15) is 0 Å². The SMILES string of the molecule is C=CCNc1nnc(SCC(=O)N2CCSc3ccccc32)s1. The third-order valence-corrected chi connectivity index (χ3v) is 6.19. The van der Waals surface area contributed by atoms with Gasteiger partial charge in [0.15, 0.2) is 4.34 Å². The van der Waals surface area contributed by atoms with Crippen LogP contribution in [-0.4, -0.2) is 40.7 Å². The molecule has 5 nitrogen and oxygen atoms in total. The first kappa shape index (κ1) is 16.4. The first-order valence-electron chi connectivity index (χ1n) is 7.11. The second-order valence-corrected chi connectivity index (χ2v) is 8.03. The Hall–Kier alpha value is -1.51. The molecule has 23 heavy (non-hydrogen) atoms. The number of amides is 1. The standard InChI is InChI=1S/C15H16N4OS3/c1-2-7-16-14-17-18-15(23-14)22-10-13(20)19-8-9-21-12-6-4-3-5-11(12)19/h2-6H,1,7-10H2,(H,16,17). The molecule has 0 saturated heterocycles. The first-order chi connectivity index (χ1) is 11.3. The third-order valence-electron chi connectivity index (χ3n) is 3.15. The molecule has 3 rings (SSSR count). The predicted molar refractivity (Wildman–Crippen MR) is 98.8 cm³/mol. The molecule has 1 amide bonds. The summed E-state index contributed by atoms with van der Waals surface area (Å²) in [5, 5.41) is 12.0. The summed E-state index contributed by atoms with van der Waals surface area (Å²) < 4.78 is 0.796. The number of anilines is 2. The van der Waals surface area contributed by atoms with Gasteiger partial charge in [0.1, 0.15) is 0 Å². The van der Waals surface area contributed by atoms with E-state index in [4.69, 9.17) is 0 Å². The molecule has 0 unspecified atom stereocenters. The molecule has 0 spiro atoms. The van der Waals surface area contributed by atoms with Crippen molar-refractivity contribution in [1.82, 2.24) is 10.2 Å². The maximum atomic E-state index is 12.5. The minimum absolute atomic E-state index is 0.110. The lowest BCUT2D eigenvalue weighted by Gasteiger charge is -2.28. The zero-order valence-electron chi connectivity index (χ0n) is 12.4. The second kappa shape index (κ2) is 7.85. The van der Waals surface area contributed by atoms with Crippen molar-refractivity contribution >= 4 is 51.6 Å². The molecule has 1 N–H and O–H groups in total. The van der Waals surface area contributed by atoms with Crippen LogP contribution in [0, 0.1) is 0 Å². The highest BCUT2D eigenvalue weighted by molar-refractivity contribution is 8.01. The zero-order valence-corrected chi connectivity index (χ0v) is 14.8. The number of nitrogens with zero attached hydrogens (tertiary/aromatic N) is 3. The van der Waals surface area contributed by atoms with E-state index >= 15 is 0 Å². The van der Waals surface area contributed by atoms with E-state index in [-0.39, 0.29) is 5.91 Å². The van der Waals surface area contributed by atoms with Crippen LogP contribution in [0.4, 0.5) is 10.8 Å². The van der Waals surface area contributed by atoms with Gasteiger partial charge in [0.2, 0.25) is 11.0 Å². The Labute approximate surface area is 147 Å². The van der Waals surface area contributed by atoms with Crippen LogP contribution < -0.4 is 10.2 Å². The van der Waals surface area contributed by atoms with E-state index in [9.17, 15) is 4.79 Å². The molecule has 1 aliphatic rings. The van der Waals surface area contributed by atoms with Gasteiger partial charge in [0, 0.05) is 23.7 Å².